The van der Waals surface area contributed by atoms with Crippen molar-refractivity contribution in [3.63, 3.8) is 0 Å². The van der Waals surface area contributed by atoms with Gasteiger partial charge in [-0.25, -0.2) is 4.98 Å². The maximum Gasteiger partial charge on any atom is 0.225 e. The topological polar surface area (TPSA) is 59.1 Å². The molecule has 2 aromatic heterocycles. The van der Waals surface area contributed by atoms with Crippen LogP contribution in [0.2, 0.25) is 0 Å². The molecule has 4 nitrogen and oxygen atoms in total. The Morgan fingerprint density at radius 2 is 2.09 bits per heavy atom. The zero-order chi connectivity index (χ0) is 16.3. The third-order valence-electron chi connectivity index (χ3n) is 3.45. The lowest BCUT2D eigenvalue weighted by molar-refractivity contribution is -0.121. The molecule has 0 aromatic carbocycles. The molecule has 0 bridgehead atoms. The highest BCUT2D eigenvalue weighted by Crippen LogP contribution is 2.25. The van der Waals surface area contributed by atoms with Crippen molar-refractivity contribution in [3.8, 4) is 0 Å². The molecule has 0 spiro atoms. The number of Topliss-reactive ketones (excluding diaryl/α,β-unsaturated/α-hetero) is 1. The Morgan fingerprint density at radius 1 is 1.36 bits per heavy atom. The SMILES string of the molecule is CCC(NC(=O)Cc1csc(C(C)=O)c1)c1nc(C)c(C)s1. The van der Waals surface area contributed by atoms with Gasteiger partial charge < -0.3 is 5.32 Å². The Bertz CT molecular complexity index is 669. The van der Waals surface area contributed by atoms with Crippen molar-refractivity contribution in [1.29, 1.82) is 0 Å². The van der Waals surface area contributed by atoms with Gasteiger partial charge in [-0.3, -0.25) is 9.59 Å². The predicted molar refractivity (Wildman–Crippen MR) is 90.8 cm³/mol. The number of aromatic nitrogens is 1. The van der Waals surface area contributed by atoms with E-state index in [1.807, 2.05) is 26.2 Å². The number of amides is 1. The van der Waals surface area contributed by atoms with Gasteiger partial charge >= 0.3 is 0 Å². The number of rotatable bonds is 6. The summed E-state index contributed by atoms with van der Waals surface area (Å²) in [4.78, 5) is 29.9. The third-order valence-corrected chi connectivity index (χ3v) is 5.72. The lowest BCUT2D eigenvalue weighted by Crippen LogP contribution is -2.29. The van der Waals surface area contributed by atoms with Crippen LogP contribution in [0.3, 0.4) is 0 Å². The summed E-state index contributed by atoms with van der Waals surface area (Å²) < 4.78 is 0. The number of thiophene rings is 1. The molecule has 0 aliphatic heterocycles. The molecule has 2 rings (SSSR count). The van der Waals surface area contributed by atoms with E-state index in [9.17, 15) is 9.59 Å². The van der Waals surface area contributed by atoms with Gasteiger partial charge in [-0.2, -0.15) is 0 Å². The summed E-state index contributed by atoms with van der Waals surface area (Å²) in [5.41, 5.74) is 1.91. The van der Waals surface area contributed by atoms with Gasteiger partial charge in [0.2, 0.25) is 5.91 Å². The first-order valence-corrected chi connectivity index (χ1v) is 8.92. The van der Waals surface area contributed by atoms with E-state index in [0.29, 0.717) is 11.3 Å². The minimum Gasteiger partial charge on any atom is -0.347 e. The third kappa shape index (κ3) is 4.01. The van der Waals surface area contributed by atoms with E-state index >= 15 is 0 Å². The number of carbonyl (C=O) groups is 2. The first-order valence-electron chi connectivity index (χ1n) is 7.22. The molecule has 22 heavy (non-hydrogen) atoms. The maximum absolute atomic E-state index is 12.2. The number of nitrogens with zero attached hydrogens (tertiary/aromatic N) is 1. The van der Waals surface area contributed by atoms with Crippen LogP contribution in [0, 0.1) is 13.8 Å². The number of hydrogen-bond donors (Lipinski definition) is 1. The summed E-state index contributed by atoms with van der Waals surface area (Å²) in [5, 5.41) is 5.87. The summed E-state index contributed by atoms with van der Waals surface area (Å²) in [5.74, 6) is 0.00193. The number of aryl methyl sites for hydroxylation is 2. The van der Waals surface area contributed by atoms with E-state index in [0.717, 1.165) is 22.7 Å². The summed E-state index contributed by atoms with van der Waals surface area (Å²) in [6, 6.07) is 1.75. The first-order chi connectivity index (χ1) is 10.4. The second-order valence-electron chi connectivity index (χ2n) is 5.27. The van der Waals surface area contributed by atoms with Gasteiger partial charge in [0.25, 0.3) is 0 Å². The van der Waals surface area contributed by atoms with Crippen molar-refractivity contribution < 1.29 is 9.59 Å². The van der Waals surface area contributed by atoms with Crippen LogP contribution < -0.4 is 5.32 Å². The van der Waals surface area contributed by atoms with Crippen LogP contribution >= 0.6 is 22.7 Å². The van der Waals surface area contributed by atoms with Crippen LogP contribution in [0.1, 0.15) is 57.1 Å². The van der Waals surface area contributed by atoms with E-state index in [-0.39, 0.29) is 17.7 Å². The molecule has 0 saturated carbocycles. The van der Waals surface area contributed by atoms with Gasteiger partial charge in [-0.05, 0) is 44.2 Å². The summed E-state index contributed by atoms with van der Waals surface area (Å²) in [6.45, 7) is 7.60. The molecule has 1 atom stereocenters. The van der Waals surface area contributed by atoms with Crippen LogP contribution in [0.4, 0.5) is 0 Å². The van der Waals surface area contributed by atoms with E-state index in [2.05, 4.69) is 10.3 Å². The van der Waals surface area contributed by atoms with Gasteiger partial charge in [0, 0.05) is 4.88 Å². The summed E-state index contributed by atoms with van der Waals surface area (Å²) >= 11 is 3.02. The van der Waals surface area contributed by atoms with Crippen molar-refractivity contribution in [2.45, 2.75) is 46.6 Å². The van der Waals surface area contributed by atoms with Gasteiger partial charge in [0.1, 0.15) is 5.01 Å². The highest BCUT2D eigenvalue weighted by atomic mass is 32.1. The molecule has 6 heteroatoms. The van der Waals surface area contributed by atoms with Gasteiger partial charge in [-0.15, -0.1) is 22.7 Å². The fraction of sp³-hybridized carbons (Fsp3) is 0.438. The quantitative estimate of drug-likeness (QED) is 0.816. The highest BCUT2D eigenvalue weighted by Gasteiger charge is 2.18. The van der Waals surface area contributed by atoms with Crippen molar-refractivity contribution in [2.24, 2.45) is 0 Å². The second-order valence-corrected chi connectivity index (χ2v) is 7.42. The molecule has 0 saturated heterocycles. The fourth-order valence-corrected chi connectivity index (χ4v) is 3.94. The first kappa shape index (κ1) is 16.8. The van der Waals surface area contributed by atoms with Crippen LogP contribution in [-0.2, 0) is 11.2 Å². The Kier molecular flexibility index (Phi) is 5.47. The van der Waals surface area contributed by atoms with E-state index in [1.54, 1.807) is 17.4 Å². The molecule has 2 heterocycles. The number of carbonyl (C=O) groups excluding carboxylic acids is 2. The maximum atomic E-state index is 12.2. The number of nitrogens with one attached hydrogen (secondary N) is 1. The lowest BCUT2D eigenvalue weighted by atomic mass is 10.2. The van der Waals surface area contributed by atoms with Crippen LogP contribution in [0.15, 0.2) is 11.4 Å². The minimum absolute atomic E-state index is 0.0368. The molecule has 1 amide bonds. The molecule has 0 radical (unpaired) electrons. The fourth-order valence-electron chi connectivity index (χ4n) is 2.07. The molecule has 1 N–H and O–H groups in total. The molecular weight excluding hydrogens is 316 g/mol. The Hall–Kier alpha value is -1.53. The normalized spacial score (nSPS) is 12.2. The summed E-state index contributed by atoms with van der Waals surface area (Å²) in [7, 11) is 0. The molecule has 0 fully saturated rings. The standard InChI is InChI=1S/C16H20N2O2S2/c1-5-13(16-17-9(2)11(4)22-16)18-15(20)7-12-6-14(10(3)19)21-8-12/h6,8,13H,5,7H2,1-4H3,(H,18,20). The molecule has 2 aromatic rings. The smallest absolute Gasteiger partial charge is 0.225 e. The Labute approximate surface area is 138 Å². The van der Waals surface area contributed by atoms with Crippen molar-refractivity contribution in [1.82, 2.24) is 10.3 Å². The van der Waals surface area contributed by atoms with E-state index in [4.69, 9.17) is 0 Å². The van der Waals surface area contributed by atoms with E-state index in [1.165, 1.54) is 23.1 Å². The van der Waals surface area contributed by atoms with Crippen molar-refractivity contribution in [2.75, 3.05) is 0 Å². The second kappa shape index (κ2) is 7.15. The molecule has 118 valence electrons. The Morgan fingerprint density at radius 3 is 2.59 bits per heavy atom. The molecule has 1 unspecified atom stereocenters. The predicted octanol–water partition coefficient (Wildman–Crippen LogP) is 3.83. The largest absolute Gasteiger partial charge is 0.347 e. The van der Waals surface area contributed by atoms with Crippen LogP contribution in [0.5, 0.6) is 0 Å². The minimum atomic E-state index is -0.0455. The molecule has 0 aliphatic rings. The average molecular weight is 336 g/mol. The monoisotopic (exact) mass is 336 g/mol. The van der Waals surface area contributed by atoms with Gasteiger partial charge in [-0.1, -0.05) is 6.92 Å². The molecular formula is C16H20N2O2S2. The van der Waals surface area contributed by atoms with Crippen molar-refractivity contribution >= 4 is 34.4 Å². The van der Waals surface area contributed by atoms with Crippen LogP contribution in [0.25, 0.3) is 0 Å². The molecule has 0 aliphatic carbocycles. The number of hydrogen-bond acceptors (Lipinski definition) is 5. The van der Waals surface area contributed by atoms with Gasteiger partial charge in [0.05, 0.1) is 23.0 Å². The van der Waals surface area contributed by atoms with Crippen LogP contribution in [-0.4, -0.2) is 16.7 Å². The average Bonchev–Trinajstić information content (AvgIpc) is 3.04. The van der Waals surface area contributed by atoms with Crippen molar-refractivity contribution in [3.05, 3.63) is 37.5 Å². The zero-order valence-corrected chi connectivity index (χ0v) is 14.9. The van der Waals surface area contributed by atoms with Gasteiger partial charge in [0.15, 0.2) is 5.78 Å². The van der Waals surface area contributed by atoms with E-state index < -0.39 is 0 Å². The number of ketones is 1. The lowest BCUT2D eigenvalue weighted by Gasteiger charge is -2.14. The summed E-state index contributed by atoms with van der Waals surface area (Å²) in [6.07, 6.45) is 1.10. The number of thiazole rings is 1. The highest BCUT2D eigenvalue weighted by molar-refractivity contribution is 7.12. The Balaban J connectivity index is 2.01. The zero-order valence-electron chi connectivity index (χ0n) is 13.2.